The number of carbonyl (C=O) groups excluding carboxylic acids is 3. The smallest absolute Gasteiger partial charge is 0.311 e. The first kappa shape index (κ1) is 28.5. The summed E-state index contributed by atoms with van der Waals surface area (Å²) in [6.45, 7) is 9.43. The molecule has 0 radical (unpaired) electrons. The van der Waals surface area contributed by atoms with Crippen molar-refractivity contribution in [2.45, 2.75) is 35.4 Å². The minimum absolute atomic E-state index is 0.0373. The van der Waals surface area contributed by atoms with Crippen LogP contribution in [-0.2, 0) is 19.1 Å². The van der Waals surface area contributed by atoms with Gasteiger partial charge in [0, 0.05) is 22.5 Å². The lowest BCUT2D eigenvalue weighted by Crippen LogP contribution is -2.58. The summed E-state index contributed by atoms with van der Waals surface area (Å²) < 4.78 is 4.60. The maximum atomic E-state index is 14.8. The van der Waals surface area contributed by atoms with E-state index in [1.165, 1.54) is 6.08 Å². The molecule has 40 heavy (non-hydrogen) atoms. The van der Waals surface area contributed by atoms with Gasteiger partial charge < -0.3 is 19.6 Å². The van der Waals surface area contributed by atoms with Gasteiger partial charge in [0.05, 0.1) is 29.2 Å². The summed E-state index contributed by atoms with van der Waals surface area (Å²) >= 11 is 7.70. The van der Waals surface area contributed by atoms with Gasteiger partial charge in [-0.05, 0) is 42.2 Å². The van der Waals surface area contributed by atoms with Crippen LogP contribution in [0, 0.1) is 17.8 Å². The van der Waals surface area contributed by atoms with Gasteiger partial charge in [-0.1, -0.05) is 67.6 Å². The van der Waals surface area contributed by atoms with Crippen molar-refractivity contribution in [1.82, 2.24) is 4.90 Å². The number of esters is 1. The molecule has 2 aromatic rings. The van der Waals surface area contributed by atoms with E-state index < -0.39 is 34.6 Å². The van der Waals surface area contributed by atoms with Crippen molar-refractivity contribution in [1.29, 1.82) is 0 Å². The van der Waals surface area contributed by atoms with E-state index >= 15 is 0 Å². The Morgan fingerprint density at radius 2 is 1.90 bits per heavy atom. The maximum Gasteiger partial charge on any atom is 0.311 e. The van der Waals surface area contributed by atoms with Crippen LogP contribution < -0.4 is 4.90 Å². The number of benzene rings is 2. The van der Waals surface area contributed by atoms with Crippen molar-refractivity contribution in [3.05, 3.63) is 90.5 Å². The van der Waals surface area contributed by atoms with E-state index in [0.717, 1.165) is 0 Å². The minimum atomic E-state index is -0.930. The molecule has 2 aromatic carbocycles. The van der Waals surface area contributed by atoms with Gasteiger partial charge in [-0.3, -0.25) is 14.4 Å². The largest absolute Gasteiger partial charge is 0.461 e. The van der Waals surface area contributed by atoms with E-state index in [9.17, 15) is 19.5 Å². The van der Waals surface area contributed by atoms with E-state index in [1.807, 2.05) is 30.3 Å². The Bertz CT molecular complexity index is 1300. The lowest BCUT2D eigenvalue weighted by molar-refractivity contribution is -0.154. The van der Waals surface area contributed by atoms with E-state index in [0.29, 0.717) is 22.7 Å². The van der Waals surface area contributed by atoms with Crippen molar-refractivity contribution in [2.24, 2.45) is 17.8 Å². The molecular weight excluding hydrogens is 548 g/mol. The predicted molar refractivity (Wildman–Crippen MR) is 157 cm³/mol. The quantitative estimate of drug-likeness (QED) is 0.325. The van der Waals surface area contributed by atoms with Gasteiger partial charge >= 0.3 is 5.97 Å². The number of halogens is 1. The molecule has 3 aliphatic heterocycles. The second-order valence-electron chi connectivity index (χ2n) is 10.5. The summed E-state index contributed by atoms with van der Waals surface area (Å²) in [5, 5.41) is 11.1. The van der Waals surface area contributed by atoms with Crippen molar-refractivity contribution in [3.63, 3.8) is 0 Å². The zero-order valence-corrected chi connectivity index (χ0v) is 23.9. The van der Waals surface area contributed by atoms with Gasteiger partial charge in [-0.25, -0.2) is 0 Å². The van der Waals surface area contributed by atoms with E-state index in [2.05, 4.69) is 20.1 Å². The third-order valence-corrected chi connectivity index (χ3v) is 10.8. The normalized spacial score (nSPS) is 29.1. The molecule has 1 spiro atoms. The second-order valence-corrected chi connectivity index (χ2v) is 12.5. The third kappa shape index (κ3) is 4.46. The number of hydrogen-bond donors (Lipinski definition) is 1. The van der Waals surface area contributed by atoms with E-state index in [1.54, 1.807) is 51.9 Å². The molecule has 2 bridgehead atoms. The molecule has 3 heterocycles. The Labute approximate surface area is 243 Å². The number of aliphatic hydroxyl groups is 1. The molecule has 0 saturated carbocycles. The van der Waals surface area contributed by atoms with Crippen LogP contribution in [0.3, 0.4) is 0 Å². The molecule has 7 atom stereocenters. The highest BCUT2D eigenvalue weighted by molar-refractivity contribution is 8.02. The van der Waals surface area contributed by atoms with Gasteiger partial charge in [0.15, 0.2) is 0 Å². The summed E-state index contributed by atoms with van der Waals surface area (Å²) in [7, 11) is 0. The van der Waals surface area contributed by atoms with Crippen LogP contribution in [0.1, 0.15) is 24.9 Å². The molecule has 3 saturated heterocycles. The van der Waals surface area contributed by atoms with Crippen molar-refractivity contribution in [2.75, 3.05) is 24.7 Å². The highest BCUT2D eigenvalue weighted by Gasteiger charge is 2.77. The summed E-state index contributed by atoms with van der Waals surface area (Å²) in [6.07, 6.45) is 3.82. The number of ether oxygens (including phenoxy) is 1. The number of likely N-dealkylation sites (tertiary alicyclic amines) is 1. The Balaban J connectivity index is 1.66. The Kier molecular flexibility index (Phi) is 8.13. The van der Waals surface area contributed by atoms with Crippen LogP contribution in [0.2, 0.25) is 5.02 Å². The fourth-order valence-corrected chi connectivity index (χ4v) is 9.35. The van der Waals surface area contributed by atoms with Crippen molar-refractivity contribution >= 4 is 46.8 Å². The Hall–Kier alpha value is -3.07. The van der Waals surface area contributed by atoms with E-state index in [4.69, 9.17) is 16.3 Å². The summed E-state index contributed by atoms with van der Waals surface area (Å²) in [6, 6.07) is 14.5. The summed E-state index contributed by atoms with van der Waals surface area (Å²) in [5.74, 6) is -2.52. The fourth-order valence-electron chi connectivity index (χ4n) is 6.83. The Morgan fingerprint density at radius 1 is 1.20 bits per heavy atom. The van der Waals surface area contributed by atoms with Gasteiger partial charge in [0.2, 0.25) is 5.91 Å². The number of nitrogens with zero attached hydrogens (tertiary/aromatic N) is 2. The average molecular weight is 581 g/mol. The Morgan fingerprint density at radius 3 is 2.52 bits per heavy atom. The first-order chi connectivity index (χ1) is 19.3. The van der Waals surface area contributed by atoms with E-state index in [-0.39, 0.29) is 42.7 Å². The number of amides is 2. The summed E-state index contributed by atoms with van der Waals surface area (Å²) in [5.41, 5.74) is 1.33. The van der Waals surface area contributed by atoms with Gasteiger partial charge in [-0.2, -0.15) is 0 Å². The average Bonchev–Trinajstić information content (AvgIpc) is 3.55. The van der Waals surface area contributed by atoms with Gasteiger partial charge in [0.1, 0.15) is 12.6 Å². The van der Waals surface area contributed by atoms with Crippen LogP contribution in [-0.4, -0.2) is 63.6 Å². The molecule has 1 N–H and O–H groups in total. The highest BCUT2D eigenvalue weighted by atomic mass is 35.5. The molecular formula is C31H33ClN2O5S. The molecule has 3 aliphatic rings. The van der Waals surface area contributed by atoms with Crippen LogP contribution in [0.4, 0.5) is 5.69 Å². The standard InChI is InChI=1S/C31H33ClN2O5S/c1-4-15-33(22-13-11-21(32)12-14-22)29(37)27-31-19(3)17-24(40-31)25(30(38)39-16-5-2)26(31)28(36)34(27)23(18-35)20-9-7-6-8-10-20/h4-14,19,23-27,35H,1-2,15-18H2,3H3/t19?,23-,24+,25-,26+,27?,31?/m1/s1. The van der Waals surface area contributed by atoms with Gasteiger partial charge in [0.25, 0.3) is 5.91 Å². The number of fused-ring (bicyclic) bond motifs is 1. The number of aliphatic hydroxyl groups excluding tert-OH is 1. The SMILES string of the molecule is C=CCOC(=O)[C@@H]1[C@@H]2CC(C)C3(S2)C(C(=O)N(CC=C)c2ccc(Cl)cc2)N([C@H](CO)c2ccccc2)C(=O)[C@H]13. The second kappa shape index (κ2) is 11.4. The monoisotopic (exact) mass is 580 g/mol. The van der Waals surface area contributed by atoms with Crippen molar-refractivity contribution in [3.8, 4) is 0 Å². The number of carbonyl (C=O) groups is 3. The topological polar surface area (TPSA) is 87.2 Å². The highest BCUT2D eigenvalue weighted by Crippen LogP contribution is 2.69. The van der Waals surface area contributed by atoms with Gasteiger partial charge in [-0.15, -0.1) is 18.3 Å². The summed E-state index contributed by atoms with van der Waals surface area (Å²) in [4.78, 5) is 45.8. The molecule has 3 unspecified atom stereocenters. The molecule has 3 fully saturated rings. The maximum absolute atomic E-state index is 14.8. The lowest BCUT2D eigenvalue weighted by Gasteiger charge is -2.42. The first-order valence-corrected chi connectivity index (χ1v) is 14.7. The third-order valence-electron chi connectivity index (χ3n) is 8.44. The van der Waals surface area contributed by atoms with Crippen LogP contribution in [0.5, 0.6) is 0 Å². The predicted octanol–water partition coefficient (Wildman–Crippen LogP) is 4.66. The van der Waals surface area contributed by atoms with Crippen LogP contribution >= 0.6 is 23.4 Å². The molecule has 0 aliphatic carbocycles. The number of rotatable bonds is 10. The molecule has 210 valence electrons. The van der Waals surface area contributed by atoms with Crippen molar-refractivity contribution < 1.29 is 24.2 Å². The number of anilines is 1. The number of thioether (sulfide) groups is 1. The minimum Gasteiger partial charge on any atom is -0.461 e. The lowest BCUT2D eigenvalue weighted by atomic mass is 9.66. The first-order valence-electron chi connectivity index (χ1n) is 13.4. The zero-order valence-electron chi connectivity index (χ0n) is 22.3. The van der Waals surface area contributed by atoms with Crippen LogP contribution in [0.25, 0.3) is 0 Å². The molecule has 9 heteroatoms. The molecule has 2 amide bonds. The molecule has 5 rings (SSSR count). The number of hydrogen-bond acceptors (Lipinski definition) is 6. The molecule has 7 nitrogen and oxygen atoms in total. The van der Waals surface area contributed by atoms with Crippen LogP contribution in [0.15, 0.2) is 79.9 Å². The zero-order chi connectivity index (χ0) is 28.6. The molecule has 0 aromatic heterocycles. The fraction of sp³-hybridized carbons (Fsp3) is 0.387.